The number of ether oxygens (including phenoxy) is 1. The van der Waals surface area contributed by atoms with Crippen LogP contribution in [0.5, 0.6) is 5.75 Å². The summed E-state index contributed by atoms with van der Waals surface area (Å²) in [6, 6.07) is 23.5. The lowest BCUT2D eigenvalue weighted by molar-refractivity contribution is 0.208. The largest absolute Gasteiger partial charge is 0.484 e. The highest BCUT2D eigenvalue weighted by atomic mass is 32.2. The molecule has 0 bridgehead atoms. The van der Waals surface area contributed by atoms with Crippen molar-refractivity contribution in [1.29, 1.82) is 0 Å². The minimum absolute atomic E-state index is 0.239. The van der Waals surface area contributed by atoms with Crippen molar-refractivity contribution in [2.45, 2.75) is 24.0 Å². The molecule has 2 atom stereocenters. The summed E-state index contributed by atoms with van der Waals surface area (Å²) in [6.45, 7) is 1.93. The summed E-state index contributed by atoms with van der Waals surface area (Å²) in [4.78, 5) is 0.239. The summed E-state index contributed by atoms with van der Waals surface area (Å²) >= 11 is 0. The first-order chi connectivity index (χ1) is 13.5. The molecule has 0 aromatic heterocycles. The molecule has 0 amide bonds. The Hall–Kier alpha value is -2.89. The van der Waals surface area contributed by atoms with Gasteiger partial charge in [0.25, 0.3) is 0 Å². The van der Waals surface area contributed by atoms with Crippen LogP contribution in [0.15, 0.2) is 89.8 Å². The maximum atomic E-state index is 13.0. The number of rotatable bonds is 5. The Morgan fingerprint density at radius 2 is 1.54 bits per heavy atom. The smallest absolute Gasteiger partial charge is 0.241 e. The summed E-state index contributed by atoms with van der Waals surface area (Å²) in [6.07, 6.45) is 3.41. The normalized spacial score (nSPS) is 18.5. The molecule has 1 aliphatic rings. The van der Waals surface area contributed by atoms with Gasteiger partial charge in [-0.2, -0.15) is 4.72 Å². The van der Waals surface area contributed by atoms with Crippen molar-refractivity contribution in [2.24, 2.45) is 0 Å². The topological polar surface area (TPSA) is 55.4 Å². The zero-order valence-corrected chi connectivity index (χ0v) is 16.3. The molecule has 142 valence electrons. The van der Waals surface area contributed by atoms with E-state index in [1.165, 1.54) is 0 Å². The molecule has 1 N–H and O–H groups in total. The molecule has 4 nitrogen and oxygen atoms in total. The van der Waals surface area contributed by atoms with E-state index >= 15 is 0 Å². The molecule has 0 saturated heterocycles. The van der Waals surface area contributed by atoms with Crippen LogP contribution >= 0.6 is 0 Å². The van der Waals surface area contributed by atoms with Crippen molar-refractivity contribution in [3.63, 3.8) is 0 Å². The van der Waals surface area contributed by atoms with Crippen molar-refractivity contribution in [3.8, 4) is 5.75 Å². The molecular formula is C23H21NO3S. The number of sulfonamides is 1. The fraction of sp³-hybridized carbons (Fsp3) is 0.130. The average Bonchev–Trinajstić information content (AvgIpc) is 2.71. The van der Waals surface area contributed by atoms with Crippen LogP contribution in [0.25, 0.3) is 6.08 Å². The maximum absolute atomic E-state index is 13.0. The summed E-state index contributed by atoms with van der Waals surface area (Å²) in [7, 11) is -3.71. The van der Waals surface area contributed by atoms with E-state index in [-0.39, 0.29) is 4.90 Å². The molecule has 0 spiro atoms. The van der Waals surface area contributed by atoms with Gasteiger partial charge >= 0.3 is 0 Å². The highest BCUT2D eigenvalue weighted by molar-refractivity contribution is 7.89. The molecule has 0 radical (unpaired) electrons. The van der Waals surface area contributed by atoms with Crippen LogP contribution in [-0.2, 0) is 10.0 Å². The van der Waals surface area contributed by atoms with Crippen LogP contribution in [0, 0.1) is 6.92 Å². The van der Waals surface area contributed by atoms with E-state index in [4.69, 9.17) is 4.74 Å². The molecule has 28 heavy (non-hydrogen) atoms. The Bertz CT molecular complexity index is 1090. The van der Waals surface area contributed by atoms with Crippen LogP contribution < -0.4 is 9.46 Å². The van der Waals surface area contributed by atoms with Gasteiger partial charge in [-0.3, -0.25) is 0 Å². The van der Waals surface area contributed by atoms with Gasteiger partial charge in [0.1, 0.15) is 11.9 Å². The van der Waals surface area contributed by atoms with Crippen LogP contribution in [-0.4, -0.2) is 14.5 Å². The van der Waals surface area contributed by atoms with Gasteiger partial charge in [-0.05, 0) is 48.4 Å². The quantitative estimate of drug-likeness (QED) is 0.697. The van der Waals surface area contributed by atoms with Gasteiger partial charge in [0.15, 0.2) is 0 Å². The second-order valence-corrected chi connectivity index (χ2v) is 8.51. The van der Waals surface area contributed by atoms with Gasteiger partial charge in [-0.15, -0.1) is 0 Å². The van der Waals surface area contributed by atoms with E-state index in [1.54, 1.807) is 24.3 Å². The number of benzene rings is 3. The predicted octanol–water partition coefficient (Wildman–Crippen LogP) is 4.49. The van der Waals surface area contributed by atoms with E-state index in [0.29, 0.717) is 5.75 Å². The number of hydrogen-bond donors (Lipinski definition) is 1. The second kappa shape index (κ2) is 7.62. The molecule has 0 unspecified atom stereocenters. The molecule has 4 rings (SSSR count). The first-order valence-corrected chi connectivity index (χ1v) is 10.6. The molecule has 0 heterocycles. The number of nitrogens with one attached hydrogen (secondary N) is 1. The lowest BCUT2D eigenvalue weighted by Crippen LogP contribution is -2.39. The highest BCUT2D eigenvalue weighted by Gasteiger charge is 2.32. The van der Waals surface area contributed by atoms with Crippen LogP contribution in [0.3, 0.4) is 0 Å². The lowest BCUT2D eigenvalue weighted by atomic mass is 9.91. The van der Waals surface area contributed by atoms with Gasteiger partial charge in [-0.1, -0.05) is 66.2 Å². The van der Waals surface area contributed by atoms with Gasteiger partial charge in [0.05, 0.1) is 10.9 Å². The van der Waals surface area contributed by atoms with Crippen LogP contribution in [0.1, 0.15) is 22.7 Å². The third kappa shape index (κ3) is 3.86. The van der Waals surface area contributed by atoms with Crippen molar-refractivity contribution in [3.05, 3.63) is 102 Å². The zero-order valence-electron chi connectivity index (χ0n) is 15.4. The van der Waals surface area contributed by atoms with Crippen LogP contribution in [0.4, 0.5) is 0 Å². The molecule has 1 aliphatic carbocycles. The minimum atomic E-state index is -3.71. The number of para-hydroxylation sites is 1. The third-order valence-electron chi connectivity index (χ3n) is 4.75. The van der Waals surface area contributed by atoms with Crippen molar-refractivity contribution in [2.75, 3.05) is 0 Å². The summed E-state index contributed by atoms with van der Waals surface area (Å²) in [5.74, 6) is 0.691. The van der Waals surface area contributed by atoms with E-state index in [0.717, 1.165) is 16.7 Å². The second-order valence-electron chi connectivity index (χ2n) is 6.80. The molecule has 0 saturated carbocycles. The Morgan fingerprint density at radius 1 is 0.857 bits per heavy atom. The average molecular weight is 391 g/mol. The molecule has 0 fully saturated rings. The van der Waals surface area contributed by atoms with E-state index < -0.39 is 22.2 Å². The van der Waals surface area contributed by atoms with Crippen molar-refractivity contribution in [1.82, 2.24) is 4.72 Å². The molecule has 0 aliphatic heterocycles. The highest BCUT2D eigenvalue weighted by Crippen LogP contribution is 2.32. The lowest BCUT2D eigenvalue weighted by Gasteiger charge is -2.30. The first kappa shape index (κ1) is 18.5. The standard InChI is InChI=1S/C23H21NO3S/c1-17-11-14-20(15-12-17)28(25,26)24-23-21-10-6-5-7-18(21)13-16-22(23)27-19-8-3-2-4-9-19/h2-16,22-24H,1H3/t22-,23+/m0/s1. The van der Waals surface area contributed by atoms with Gasteiger partial charge in [-0.25, -0.2) is 8.42 Å². The minimum Gasteiger partial charge on any atom is -0.484 e. The SMILES string of the molecule is Cc1ccc(S(=O)(=O)N[C@@H]2c3ccccc3C=C[C@@H]2Oc2ccccc2)cc1. The first-order valence-electron chi connectivity index (χ1n) is 9.11. The molecular weight excluding hydrogens is 370 g/mol. The van der Waals surface area contributed by atoms with E-state index in [1.807, 2.05) is 73.7 Å². The summed E-state index contributed by atoms with van der Waals surface area (Å²) in [5, 5.41) is 0. The summed E-state index contributed by atoms with van der Waals surface area (Å²) < 4.78 is 35.0. The molecule has 3 aromatic carbocycles. The Balaban J connectivity index is 1.69. The van der Waals surface area contributed by atoms with E-state index in [2.05, 4.69) is 4.72 Å². The van der Waals surface area contributed by atoms with Gasteiger partial charge in [0, 0.05) is 0 Å². The van der Waals surface area contributed by atoms with Crippen LogP contribution in [0.2, 0.25) is 0 Å². The fourth-order valence-corrected chi connectivity index (χ4v) is 4.51. The third-order valence-corrected chi connectivity index (χ3v) is 6.21. The van der Waals surface area contributed by atoms with E-state index in [9.17, 15) is 8.42 Å². The van der Waals surface area contributed by atoms with Crippen molar-refractivity contribution < 1.29 is 13.2 Å². The predicted molar refractivity (Wildman–Crippen MR) is 111 cm³/mol. The Kier molecular flexibility index (Phi) is 5.03. The van der Waals surface area contributed by atoms with Crippen molar-refractivity contribution >= 4 is 16.1 Å². The Labute approximate surface area is 165 Å². The Morgan fingerprint density at radius 3 is 2.29 bits per heavy atom. The number of aryl methyl sites for hydroxylation is 1. The maximum Gasteiger partial charge on any atom is 0.241 e. The molecule has 5 heteroatoms. The van der Waals surface area contributed by atoms with Gasteiger partial charge < -0.3 is 4.74 Å². The number of hydrogen-bond acceptors (Lipinski definition) is 3. The number of fused-ring (bicyclic) bond motifs is 1. The monoisotopic (exact) mass is 391 g/mol. The molecule has 3 aromatic rings. The zero-order chi connectivity index (χ0) is 19.6. The van der Waals surface area contributed by atoms with Gasteiger partial charge in [0.2, 0.25) is 10.0 Å². The summed E-state index contributed by atoms with van der Waals surface area (Å²) in [5.41, 5.74) is 2.88. The fourth-order valence-electron chi connectivity index (χ4n) is 3.28.